The molecule has 2 amide bonds. The number of halogens is 1. The average Bonchev–Trinajstić information content (AvgIpc) is 3.02. The maximum Gasteiger partial charge on any atom is 0.243 e. The summed E-state index contributed by atoms with van der Waals surface area (Å²) in [5.41, 5.74) is 4.38. The largest absolute Gasteiger partial charge is 0.336 e. The lowest BCUT2D eigenvalue weighted by atomic mass is 10.0. The maximum atomic E-state index is 12.4. The predicted octanol–water partition coefficient (Wildman–Crippen LogP) is 3.47. The molecule has 0 fully saturated rings. The Morgan fingerprint density at radius 3 is 2.72 bits per heavy atom. The number of nitrogens with one attached hydrogen (secondary N) is 1. The number of nitrogens with zero attached hydrogens (tertiary/aromatic N) is 1. The summed E-state index contributed by atoms with van der Waals surface area (Å²) in [6.07, 6.45) is 3.73. The highest BCUT2D eigenvalue weighted by Gasteiger charge is 2.16. The zero-order chi connectivity index (χ0) is 17.8. The van der Waals surface area contributed by atoms with E-state index in [1.54, 1.807) is 31.3 Å². The number of amides is 2. The van der Waals surface area contributed by atoms with E-state index >= 15 is 0 Å². The molecule has 0 bridgehead atoms. The molecule has 3 rings (SSSR count). The van der Waals surface area contributed by atoms with Gasteiger partial charge in [-0.3, -0.25) is 9.59 Å². The first kappa shape index (κ1) is 17.5. The molecule has 25 heavy (non-hydrogen) atoms. The van der Waals surface area contributed by atoms with Crippen LogP contribution >= 0.6 is 11.6 Å². The van der Waals surface area contributed by atoms with Crippen molar-refractivity contribution in [1.29, 1.82) is 0 Å². The fourth-order valence-corrected chi connectivity index (χ4v) is 3.31. The molecule has 0 saturated heterocycles. The van der Waals surface area contributed by atoms with Gasteiger partial charge in [0.1, 0.15) is 0 Å². The van der Waals surface area contributed by atoms with Crippen molar-refractivity contribution < 1.29 is 9.59 Å². The van der Waals surface area contributed by atoms with Crippen molar-refractivity contribution in [3.8, 4) is 0 Å². The first-order chi connectivity index (χ1) is 12.0. The molecular weight excluding hydrogens is 336 g/mol. The van der Waals surface area contributed by atoms with E-state index in [1.807, 2.05) is 6.07 Å². The molecule has 2 aromatic rings. The Kier molecular flexibility index (Phi) is 5.39. The van der Waals surface area contributed by atoms with Gasteiger partial charge in [0, 0.05) is 17.8 Å². The van der Waals surface area contributed by atoms with Crippen molar-refractivity contribution in [3.05, 3.63) is 64.2 Å². The third kappa shape index (κ3) is 4.60. The van der Waals surface area contributed by atoms with Gasteiger partial charge in [0.15, 0.2) is 0 Å². The molecule has 0 saturated carbocycles. The molecule has 0 heterocycles. The minimum Gasteiger partial charge on any atom is -0.336 e. The first-order valence-corrected chi connectivity index (χ1v) is 8.79. The molecule has 0 radical (unpaired) electrons. The summed E-state index contributed by atoms with van der Waals surface area (Å²) in [6.45, 7) is 0.0102. The van der Waals surface area contributed by atoms with Gasteiger partial charge in [-0.05, 0) is 54.2 Å². The second kappa shape index (κ2) is 7.70. The number of aryl methyl sites for hydroxylation is 2. The lowest BCUT2D eigenvalue weighted by molar-refractivity contribution is -0.132. The molecule has 0 unspecified atom stereocenters. The van der Waals surface area contributed by atoms with Crippen LogP contribution < -0.4 is 5.32 Å². The Hall–Kier alpha value is -2.33. The van der Waals surface area contributed by atoms with Gasteiger partial charge in [0.2, 0.25) is 11.8 Å². The van der Waals surface area contributed by atoms with Gasteiger partial charge in [-0.1, -0.05) is 35.9 Å². The molecule has 0 aromatic heterocycles. The Morgan fingerprint density at radius 2 is 1.92 bits per heavy atom. The summed E-state index contributed by atoms with van der Waals surface area (Å²) in [4.78, 5) is 25.9. The third-order valence-electron chi connectivity index (χ3n) is 4.43. The average molecular weight is 357 g/mol. The molecule has 0 spiro atoms. The summed E-state index contributed by atoms with van der Waals surface area (Å²) in [5, 5.41) is 3.30. The number of hydrogen-bond donors (Lipinski definition) is 1. The Morgan fingerprint density at radius 1 is 1.12 bits per heavy atom. The van der Waals surface area contributed by atoms with E-state index in [9.17, 15) is 9.59 Å². The lowest BCUT2D eigenvalue weighted by Crippen LogP contribution is -2.35. The van der Waals surface area contributed by atoms with Gasteiger partial charge in [-0.25, -0.2) is 0 Å². The van der Waals surface area contributed by atoms with E-state index < -0.39 is 0 Å². The minimum absolute atomic E-state index is 0.0102. The van der Waals surface area contributed by atoms with Crippen LogP contribution in [0.2, 0.25) is 5.02 Å². The van der Waals surface area contributed by atoms with E-state index in [0.717, 1.165) is 18.4 Å². The predicted molar refractivity (Wildman–Crippen MR) is 99.9 cm³/mol. The van der Waals surface area contributed by atoms with Crippen LogP contribution in [-0.4, -0.2) is 30.3 Å². The Bertz CT molecular complexity index is 804. The monoisotopic (exact) mass is 356 g/mol. The van der Waals surface area contributed by atoms with Gasteiger partial charge >= 0.3 is 0 Å². The quantitative estimate of drug-likeness (QED) is 0.891. The highest BCUT2D eigenvalue weighted by molar-refractivity contribution is 6.30. The van der Waals surface area contributed by atoms with Gasteiger partial charge in [0.05, 0.1) is 13.0 Å². The number of carbonyl (C=O) groups excluding carboxylic acids is 2. The standard InChI is InChI=1S/C20H21ClN2O2/c1-23(13-19(24)22-18-7-3-6-17(21)12-18)20(25)11-14-8-9-15-4-2-5-16(15)10-14/h3,6-10,12H,2,4-5,11,13H2,1H3,(H,22,24). The van der Waals surface area contributed by atoms with Crippen molar-refractivity contribution in [1.82, 2.24) is 4.90 Å². The normalized spacial score (nSPS) is 12.6. The minimum atomic E-state index is -0.243. The number of anilines is 1. The summed E-state index contributed by atoms with van der Waals surface area (Å²) in [6, 6.07) is 13.2. The van der Waals surface area contributed by atoms with E-state index in [4.69, 9.17) is 11.6 Å². The van der Waals surface area contributed by atoms with Gasteiger partial charge in [-0.15, -0.1) is 0 Å². The molecule has 1 aliphatic rings. The number of rotatable bonds is 5. The van der Waals surface area contributed by atoms with E-state index in [-0.39, 0.29) is 18.4 Å². The molecule has 4 nitrogen and oxygen atoms in total. The van der Waals surface area contributed by atoms with E-state index in [2.05, 4.69) is 17.4 Å². The van der Waals surface area contributed by atoms with Crippen molar-refractivity contribution in [2.24, 2.45) is 0 Å². The highest BCUT2D eigenvalue weighted by Crippen LogP contribution is 2.23. The zero-order valence-corrected chi connectivity index (χ0v) is 15.0. The van der Waals surface area contributed by atoms with Gasteiger partial charge in [-0.2, -0.15) is 0 Å². The van der Waals surface area contributed by atoms with Crippen LogP contribution in [0.1, 0.15) is 23.1 Å². The van der Waals surface area contributed by atoms with Gasteiger partial charge < -0.3 is 10.2 Å². The van der Waals surface area contributed by atoms with Crippen molar-refractivity contribution in [3.63, 3.8) is 0 Å². The van der Waals surface area contributed by atoms with Crippen LogP contribution in [-0.2, 0) is 28.9 Å². The van der Waals surface area contributed by atoms with E-state index in [0.29, 0.717) is 17.1 Å². The summed E-state index contributed by atoms with van der Waals surface area (Å²) in [7, 11) is 1.65. The smallest absolute Gasteiger partial charge is 0.243 e. The van der Waals surface area contributed by atoms with Crippen LogP contribution in [0.15, 0.2) is 42.5 Å². The SMILES string of the molecule is CN(CC(=O)Nc1cccc(Cl)c1)C(=O)Cc1ccc2c(c1)CCC2. The molecule has 1 N–H and O–H groups in total. The zero-order valence-electron chi connectivity index (χ0n) is 14.2. The maximum absolute atomic E-state index is 12.4. The van der Waals surface area contributed by atoms with Crippen LogP contribution in [0.4, 0.5) is 5.69 Å². The number of carbonyl (C=O) groups is 2. The second-order valence-electron chi connectivity index (χ2n) is 6.44. The van der Waals surface area contributed by atoms with E-state index in [1.165, 1.54) is 22.4 Å². The highest BCUT2D eigenvalue weighted by atomic mass is 35.5. The molecular formula is C20H21ClN2O2. The lowest BCUT2D eigenvalue weighted by Gasteiger charge is -2.17. The first-order valence-electron chi connectivity index (χ1n) is 8.41. The van der Waals surface area contributed by atoms with Crippen LogP contribution in [0.3, 0.4) is 0 Å². The topological polar surface area (TPSA) is 49.4 Å². The summed E-state index contributed by atoms with van der Waals surface area (Å²) < 4.78 is 0. The molecule has 0 aliphatic heterocycles. The molecule has 1 aliphatic carbocycles. The van der Waals surface area contributed by atoms with Crippen LogP contribution in [0, 0.1) is 0 Å². The molecule has 5 heteroatoms. The fraction of sp³-hybridized carbons (Fsp3) is 0.300. The fourth-order valence-electron chi connectivity index (χ4n) is 3.12. The summed E-state index contributed by atoms with van der Waals surface area (Å²) >= 11 is 5.90. The van der Waals surface area contributed by atoms with Crippen molar-refractivity contribution >= 4 is 29.1 Å². The Balaban J connectivity index is 1.54. The molecule has 0 atom stereocenters. The molecule has 130 valence electrons. The Labute approximate surface area is 152 Å². The van der Waals surface area contributed by atoms with Crippen LogP contribution in [0.25, 0.3) is 0 Å². The number of benzene rings is 2. The number of likely N-dealkylation sites (N-methyl/N-ethyl adjacent to an activating group) is 1. The third-order valence-corrected chi connectivity index (χ3v) is 4.67. The van der Waals surface area contributed by atoms with Gasteiger partial charge in [0.25, 0.3) is 0 Å². The van der Waals surface area contributed by atoms with Crippen LogP contribution in [0.5, 0.6) is 0 Å². The number of fused-ring (bicyclic) bond motifs is 1. The second-order valence-corrected chi connectivity index (χ2v) is 6.88. The summed E-state index contributed by atoms with van der Waals surface area (Å²) in [5.74, 6) is -0.314. The van der Waals surface area contributed by atoms with Crippen molar-refractivity contribution in [2.75, 3.05) is 18.9 Å². The van der Waals surface area contributed by atoms with Crippen molar-refractivity contribution in [2.45, 2.75) is 25.7 Å². The molecule has 2 aromatic carbocycles. The number of hydrogen-bond acceptors (Lipinski definition) is 2.